The first-order valence-electron chi connectivity index (χ1n) is 20.6. The molecule has 0 radical (unpaired) electrons. The van der Waals surface area contributed by atoms with Crippen LogP contribution in [0.15, 0.2) is 231 Å². The zero-order valence-electron chi connectivity index (χ0n) is 33.2. The molecule has 286 valence electrons. The van der Waals surface area contributed by atoms with Crippen molar-refractivity contribution in [3.63, 3.8) is 0 Å². The van der Waals surface area contributed by atoms with Crippen molar-refractivity contribution in [2.24, 2.45) is 0 Å². The molecule has 9 aromatic carbocycles. The maximum absolute atomic E-state index is 5.42. The Kier molecular flexibility index (Phi) is 9.42. The zero-order valence-corrected chi connectivity index (χ0v) is 34.1. The second-order valence-corrected chi connectivity index (χ2v) is 16.4. The van der Waals surface area contributed by atoms with E-state index in [0.29, 0.717) is 5.82 Å². The summed E-state index contributed by atoms with van der Waals surface area (Å²) in [5.74, 6) is 0.714. The van der Waals surface area contributed by atoms with E-state index in [1.165, 1.54) is 54.6 Å². The number of hydrogen-bond acceptors (Lipinski definition) is 3. The third-order valence-corrected chi connectivity index (χ3v) is 12.6. The molecule has 0 aliphatic heterocycles. The van der Waals surface area contributed by atoms with Crippen molar-refractivity contribution in [1.82, 2.24) is 9.97 Å². The molecule has 0 bridgehead atoms. The summed E-state index contributed by atoms with van der Waals surface area (Å²) in [6.45, 7) is 0. The molecule has 0 saturated heterocycles. The molecule has 0 spiro atoms. The normalized spacial score (nSPS) is 11.3. The summed E-state index contributed by atoms with van der Waals surface area (Å²) in [6, 6.07) is 82.5. The van der Waals surface area contributed by atoms with E-state index in [4.69, 9.17) is 9.97 Å². The minimum absolute atomic E-state index is 0.714. The van der Waals surface area contributed by atoms with Gasteiger partial charge in [-0.3, -0.25) is 0 Å². The van der Waals surface area contributed by atoms with E-state index in [-0.39, 0.29) is 0 Å². The summed E-state index contributed by atoms with van der Waals surface area (Å²) < 4.78 is 1.21. The van der Waals surface area contributed by atoms with Crippen LogP contribution in [0, 0.1) is 0 Å². The van der Waals surface area contributed by atoms with E-state index >= 15 is 0 Å². The lowest BCUT2D eigenvalue weighted by molar-refractivity contribution is 1.24. The van der Waals surface area contributed by atoms with Gasteiger partial charge in [0.05, 0.1) is 5.69 Å². The molecule has 61 heavy (non-hydrogen) atoms. The maximum Gasteiger partial charge on any atom is 0.161 e. The summed E-state index contributed by atoms with van der Waals surface area (Å²) in [6.07, 6.45) is 0. The van der Waals surface area contributed by atoms with Gasteiger partial charge in [0.25, 0.3) is 0 Å². The van der Waals surface area contributed by atoms with Crippen LogP contribution in [0.3, 0.4) is 0 Å². The standard InChI is InChI=1S/C58H38N2S/c1-4-15-39(16-5-1)42-29-31-43(32-30-42)44-21-12-23-46(33-44)51-36-50(41-19-8-3-9-20-41)37-52(38-51)47-24-14-26-49(35-47)57-59-56(55-53-27-10-11-28-54(53)61-58(55)60-57)48-25-13-22-45(34-48)40-17-6-2-7-18-40/h1-38H. The lowest BCUT2D eigenvalue weighted by atomic mass is 9.91. The number of nitrogens with zero attached hydrogens (tertiary/aromatic N) is 2. The van der Waals surface area contributed by atoms with Crippen molar-refractivity contribution in [1.29, 1.82) is 0 Å². The van der Waals surface area contributed by atoms with E-state index in [2.05, 4.69) is 231 Å². The fraction of sp³-hybridized carbons (Fsp3) is 0. The molecule has 0 amide bonds. The zero-order chi connectivity index (χ0) is 40.5. The number of thiophene rings is 1. The van der Waals surface area contributed by atoms with Gasteiger partial charge >= 0.3 is 0 Å². The van der Waals surface area contributed by atoms with Crippen molar-refractivity contribution in [2.45, 2.75) is 0 Å². The summed E-state index contributed by atoms with van der Waals surface area (Å²) in [5, 5.41) is 2.28. The topological polar surface area (TPSA) is 25.8 Å². The monoisotopic (exact) mass is 794 g/mol. The fourth-order valence-electron chi connectivity index (χ4n) is 8.40. The van der Waals surface area contributed by atoms with Crippen LogP contribution < -0.4 is 0 Å². The van der Waals surface area contributed by atoms with Crippen molar-refractivity contribution in [3.8, 4) is 89.4 Å². The molecule has 11 aromatic rings. The van der Waals surface area contributed by atoms with Gasteiger partial charge in [-0.2, -0.15) is 0 Å². The van der Waals surface area contributed by atoms with Crippen molar-refractivity contribution in [2.75, 3.05) is 0 Å². The maximum atomic E-state index is 5.42. The molecule has 0 aliphatic rings. The van der Waals surface area contributed by atoms with Crippen LogP contribution >= 0.6 is 11.3 Å². The highest BCUT2D eigenvalue weighted by Crippen LogP contribution is 2.41. The summed E-state index contributed by atoms with van der Waals surface area (Å²) in [4.78, 5) is 11.7. The Labute approximate surface area is 359 Å². The highest BCUT2D eigenvalue weighted by Gasteiger charge is 2.18. The van der Waals surface area contributed by atoms with Crippen LogP contribution in [0.25, 0.3) is 110 Å². The third-order valence-electron chi connectivity index (χ3n) is 11.5. The molecule has 0 atom stereocenters. The Balaban J connectivity index is 1.01. The van der Waals surface area contributed by atoms with Crippen molar-refractivity contribution < 1.29 is 0 Å². The van der Waals surface area contributed by atoms with Crippen LogP contribution in [-0.4, -0.2) is 9.97 Å². The van der Waals surface area contributed by atoms with Gasteiger partial charge in [0.2, 0.25) is 0 Å². The van der Waals surface area contributed by atoms with E-state index in [9.17, 15) is 0 Å². The second kappa shape index (κ2) is 15.8. The van der Waals surface area contributed by atoms with Crippen molar-refractivity contribution in [3.05, 3.63) is 231 Å². The van der Waals surface area contributed by atoms with Crippen LogP contribution in [0.2, 0.25) is 0 Å². The quantitative estimate of drug-likeness (QED) is 0.153. The van der Waals surface area contributed by atoms with Crippen LogP contribution in [0.4, 0.5) is 0 Å². The fourth-order valence-corrected chi connectivity index (χ4v) is 9.47. The van der Waals surface area contributed by atoms with Gasteiger partial charge in [-0.1, -0.05) is 188 Å². The molecule has 3 heteroatoms. The predicted molar refractivity (Wildman–Crippen MR) is 258 cm³/mol. The largest absolute Gasteiger partial charge is 0.227 e. The second-order valence-electron chi connectivity index (χ2n) is 15.4. The van der Waals surface area contributed by atoms with Gasteiger partial charge < -0.3 is 0 Å². The molecule has 0 N–H and O–H groups in total. The molecule has 0 fully saturated rings. The third kappa shape index (κ3) is 7.22. The van der Waals surface area contributed by atoms with Gasteiger partial charge in [0.15, 0.2) is 5.82 Å². The highest BCUT2D eigenvalue weighted by atomic mass is 32.1. The first-order chi connectivity index (χ1) is 30.2. The minimum atomic E-state index is 0.714. The molecule has 0 saturated carbocycles. The lowest BCUT2D eigenvalue weighted by Crippen LogP contribution is -1.94. The highest BCUT2D eigenvalue weighted by molar-refractivity contribution is 7.25. The molecule has 0 unspecified atom stereocenters. The predicted octanol–water partition coefficient (Wildman–Crippen LogP) is 16.2. The summed E-state index contributed by atoms with van der Waals surface area (Å²) >= 11 is 1.73. The average Bonchev–Trinajstić information content (AvgIpc) is 3.73. The Morgan fingerprint density at radius 2 is 0.623 bits per heavy atom. The van der Waals surface area contributed by atoms with Gasteiger partial charge in [0.1, 0.15) is 4.83 Å². The molecule has 2 heterocycles. The first-order valence-corrected chi connectivity index (χ1v) is 21.4. The van der Waals surface area contributed by atoms with E-state index in [1.54, 1.807) is 11.3 Å². The number of hydrogen-bond donors (Lipinski definition) is 0. The van der Waals surface area contributed by atoms with Gasteiger partial charge in [-0.25, -0.2) is 9.97 Å². The first kappa shape index (κ1) is 36.4. The summed E-state index contributed by atoms with van der Waals surface area (Å²) in [7, 11) is 0. The molecule has 11 rings (SSSR count). The minimum Gasteiger partial charge on any atom is -0.227 e. The van der Waals surface area contributed by atoms with Gasteiger partial charge in [0, 0.05) is 26.6 Å². The molecule has 2 aromatic heterocycles. The number of aromatic nitrogens is 2. The Hall–Kier alpha value is -7.72. The van der Waals surface area contributed by atoms with Crippen molar-refractivity contribution >= 4 is 31.6 Å². The number of benzene rings is 9. The molecule has 2 nitrogen and oxygen atoms in total. The van der Waals surface area contributed by atoms with Crippen LogP contribution in [0.1, 0.15) is 0 Å². The average molecular weight is 795 g/mol. The van der Waals surface area contributed by atoms with Crippen LogP contribution in [-0.2, 0) is 0 Å². The molecular formula is C58H38N2S. The van der Waals surface area contributed by atoms with Crippen LogP contribution in [0.5, 0.6) is 0 Å². The van der Waals surface area contributed by atoms with E-state index in [0.717, 1.165) is 49.3 Å². The van der Waals surface area contributed by atoms with E-state index < -0.39 is 0 Å². The van der Waals surface area contributed by atoms with Gasteiger partial charge in [-0.05, 0) is 109 Å². The summed E-state index contributed by atoms with van der Waals surface area (Å²) in [5.41, 5.74) is 17.1. The molecular weight excluding hydrogens is 757 g/mol. The smallest absolute Gasteiger partial charge is 0.161 e. The molecule has 0 aliphatic carbocycles. The van der Waals surface area contributed by atoms with Gasteiger partial charge in [-0.15, -0.1) is 11.3 Å². The Morgan fingerprint density at radius 1 is 0.262 bits per heavy atom. The Morgan fingerprint density at radius 3 is 1.21 bits per heavy atom. The lowest BCUT2D eigenvalue weighted by Gasteiger charge is -2.14. The SMILES string of the molecule is c1ccc(-c2ccc(-c3cccc(-c4cc(-c5ccccc5)cc(-c5cccc(-c6nc(-c7cccc(-c8ccccc8)c7)c7c(n6)sc6ccccc67)c5)c4)c3)cc2)cc1. The Bertz CT molecular complexity index is 3330. The number of rotatable bonds is 8. The number of fused-ring (bicyclic) bond motifs is 3. The van der Waals surface area contributed by atoms with E-state index in [1.807, 2.05) is 0 Å².